The molecule has 1 aromatic heterocycles. The van der Waals surface area contributed by atoms with Gasteiger partial charge in [-0.15, -0.1) is 0 Å². The van der Waals surface area contributed by atoms with Crippen LogP contribution >= 0.6 is 0 Å². The van der Waals surface area contributed by atoms with E-state index < -0.39 is 0 Å². The summed E-state index contributed by atoms with van der Waals surface area (Å²) in [4.78, 5) is 2.40. The first kappa shape index (κ1) is 11.6. The van der Waals surface area contributed by atoms with Gasteiger partial charge in [-0.05, 0) is 44.3 Å². The maximum absolute atomic E-state index is 12.5. The van der Waals surface area contributed by atoms with Crippen LogP contribution < -0.4 is 0 Å². The number of likely N-dealkylation sites (tertiary alicyclic amines) is 1. The molecule has 0 N–H and O–H groups in total. The second-order valence-corrected chi connectivity index (χ2v) is 4.77. The van der Waals surface area contributed by atoms with Crippen molar-refractivity contribution in [3.63, 3.8) is 0 Å². The first-order valence-corrected chi connectivity index (χ1v) is 5.96. The molecule has 2 rings (SSSR count). The molecule has 16 heavy (non-hydrogen) atoms. The number of hydrogen-bond donors (Lipinski definition) is 0. The Morgan fingerprint density at radius 2 is 2.12 bits per heavy atom. The molecule has 1 aromatic rings. The Bertz CT molecular complexity index is 321. The van der Waals surface area contributed by atoms with Gasteiger partial charge in [-0.1, -0.05) is 0 Å². The summed E-state index contributed by atoms with van der Waals surface area (Å²) in [5, 5.41) is 4.24. The lowest BCUT2D eigenvalue weighted by Gasteiger charge is -2.30. The number of hydrogen-bond acceptors (Lipinski definition) is 2. The zero-order valence-electron chi connectivity index (χ0n) is 10.1. The van der Waals surface area contributed by atoms with Crippen molar-refractivity contribution in [1.29, 1.82) is 0 Å². The van der Waals surface area contributed by atoms with E-state index >= 15 is 0 Å². The normalized spacial score (nSPS) is 19.2. The van der Waals surface area contributed by atoms with Gasteiger partial charge in [0, 0.05) is 13.6 Å². The van der Waals surface area contributed by atoms with Crippen LogP contribution in [-0.2, 0) is 13.6 Å². The lowest BCUT2D eigenvalue weighted by molar-refractivity contribution is 0.156. The second kappa shape index (κ2) is 4.95. The van der Waals surface area contributed by atoms with E-state index in [4.69, 9.17) is 0 Å². The maximum atomic E-state index is 12.5. The minimum Gasteiger partial charge on any atom is -0.297 e. The highest BCUT2D eigenvalue weighted by Gasteiger charge is 2.20. The number of nitrogens with zero attached hydrogens (tertiary/aromatic N) is 3. The second-order valence-electron chi connectivity index (χ2n) is 4.77. The minimum atomic E-state index is -0.154. The molecule has 0 bridgehead atoms. The van der Waals surface area contributed by atoms with E-state index in [1.165, 1.54) is 11.3 Å². The van der Waals surface area contributed by atoms with E-state index in [2.05, 4.69) is 16.9 Å². The molecule has 1 saturated heterocycles. The Balaban J connectivity index is 1.92. The fourth-order valence-corrected chi connectivity index (χ4v) is 2.31. The molecule has 4 heteroatoms. The Morgan fingerprint density at radius 3 is 2.62 bits per heavy atom. The highest BCUT2D eigenvalue weighted by molar-refractivity contribution is 5.15. The van der Waals surface area contributed by atoms with E-state index in [1.54, 1.807) is 0 Å². The number of aryl methyl sites for hydroxylation is 2. The smallest absolute Gasteiger partial charge is 0.0923 e. The van der Waals surface area contributed by atoms with Crippen LogP contribution in [0.4, 0.5) is 4.39 Å². The average molecular weight is 225 g/mol. The summed E-state index contributed by atoms with van der Waals surface area (Å²) in [5.74, 6) is 0.295. The van der Waals surface area contributed by atoms with Crippen LogP contribution in [0.3, 0.4) is 0 Å². The Kier molecular flexibility index (Phi) is 3.59. The van der Waals surface area contributed by atoms with E-state index in [0.717, 1.165) is 32.5 Å². The lowest BCUT2D eigenvalue weighted by Crippen LogP contribution is -2.34. The standard InChI is InChI=1S/C12H20FN3/c1-10-8-14-15(2)12(10)9-16-5-3-11(7-13)4-6-16/h8,11H,3-7,9H2,1-2H3. The van der Waals surface area contributed by atoms with Crippen LogP contribution in [0.1, 0.15) is 24.1 Å². The highest BCUT2D eigenvalue weighted by Crippen LogP contribution is 2.19. The zero-order chi connectivity index (χ0) is 11.5. The van der Waals surface area contributed by atoms with Gasteiger partial charge in [0.05, 0.1) is 18.6 Å². The van der Waals surface area contributed by atoms with Crippen LogP contribution in [0.15, 0.2) is 6.20 Å². The van der Waals surface area contributed by atoms with Crippen molar-refractivity contribution < 1.29 is 4.39 Å². The summed E-state index contributed by atoms with van der Waals surface area (Å²) in [6.45, 7) is 4.91. The van der Waals surface area contributed by atoms with Crippen LogP contribution in [0.2, 0.25) is 0 Å². The molecule has 0 unspecified atom stereocenters. The van der Waals surface area contributed by atoms with Crippen LogP contribution in [0.25, 0.3) is 0 Å². The number of aromatic nitrogens is 2. The average Bonchev–Trinajstić information content (AvgIpc) is 2.62. The fourth-order valence-electron chi connectivity index (χ4n) is 2.31. The summed E-state index contributed by atoms with van der Waals surface area (Å²) < 4.78 is 14.4. The van der Waals surface area contributed by atoms with E-state index in [9.17, 15) is 4.39 Å². The number of rotatable bonds is 3. The third kappa shape index (κ3) is 2.43. The Morgan fingerprint density at radius 1 is 1.44 bits per heavy atom. The third-order valence-electron chi connectivity index (χ3n) is 3.57. The van der Waals surface area contributed by atoms with E-state index in [-0.39, 0.29) is 6.67 Å². The van der Waals surface area contributed by atoms with Crippen LogP contribution in [0.5, 0.6) is 0 Å². The predicted molar refractivity (Wildman–Crippen MR) is 61.9 cm³/mol. The molecule has 0 radical (unpaired) electrons. The van der Waals surface area contributed by atoms with Gasteiger partial charge in [-0.3, -0.25) is 14.0 Å². The number of halogens is 1. The molecule has 90 valence electrons. The largest absolute Gasteiger partial charge is 0.297 e. The van der Waals surface area contributed by atoms with Gasteiger partial charge in [0.15, 0.2) is 0 Å². The maximum Gasteiger partial charge on any atom is 0.0923 e. The van der Waals surface area contributed by atoms with Crippen molar-refractivity contribution in [2.45, 2.75) is 26.3 Å². The molecule has 0 spiro atoms. The van der Waals surface area contributed by atoms with Crippen molar-refractivity contribution >= 4 is 0 Å². The molecule has 1 fully saturated rings. The highest BCUT2D eigenvalue weighted by atomic mass is 19.1. The van der Waals surface area contributed by atoms with Crippen molar-refractivity contribution in [1.82, 2.24) is 14.7 Å². The molecule has 2 heterocycles. The summed E-state index contributed by atoms with van der Waals surface area (Å²) in [6, 6.07) is 0. The van der Waals surface area contributed by atoms with Crippen molar-refractivity contribution in [2.75, 3.05) is 19.8 Å². The Hall–Kier alpha value is -0.900. The minimum absolute atomic E-state index is 0.154. The molecule has 1 aliphatic heterocycles. The van der Waals surface area contributed by atoms with Crippen molar-refractivity contribution in [3.8, 4) is 0 Å². The van der Waals surface area contributed by atoms with Crippen molar-refractivity contribution in [2.24, 2.45) is 13.0 Å². The van der Waals surface area contributed by atoms with Gasteiger partial charge in [0.25, 0.3) is 0 Å². The molecule has 0 saturated carbocycles. The van der Waals surface area contributed by atoms with Gasteiger partial charge in [0.1, 0.15) is 0 Å². The van der Waals surface area contributed by atoms with Gasteiger partial charge in [-0.2, -0.15) is 5.10 Å². The summed E-state index contributed by atoms with van der Waals surface area (Å²) >= 11 is 0. The summed E-state index contributed by atoms with van der Waals surface area (Å²) in [6.07, 6.45) is 3.89. The molecule has 3 nitrogen and oxygen atoms in total. The summed E-state index contributed by atoms with van der Waals surface area (Å²) in [7, 11) is 1.98. The predicted octanol–water partition coefficient (Wildman–Crippen LogP) is 1.91. The molecular weight excluding hydrogens is 205 g/mol. The van der Waals surface area contributed by atoms with Gasteiger partial charge in [0.2, 0.25) is 0 Å². The fraction of sp³-hybridized carbons (Fsp3) is 0.750. The number of alkyl halides is 1. The first-order valence-electron chi connectivity index (χ1n) is 5.96. The first-order chi connectivity index (χ1) is 7.70. The van der Waals surface area contributed by atoms with Gasteiger partial charge < -0.3 is 0 Å². The van der Waals surface area contributed by atoms with Gasteiger partial charge >= 0.3 is 0 Å². The molecule has 0 aromatic carbocycles. The Labute approximate surface area is 96.2 Å². The molecule has 1 aliphatic rings. The monoisotopic (exact) mass is 225 g/mol. The summed E-state index contributed by atoms with van der Waals surface area (Å²) in [5.41, 5.74) is 2.52. The molecular formula is C12H20FN3. The molecule has 0 aliphatic carbocycles. The van der Waals surface area contributed by atoms with Crippen molar-refractivity contribution in [3.05, 3.63) is 17.5 Å². The quantitative estimate of drug-likeness (QED) is 0.783. The third-order valence-corrected chi connectivity index (χ3v) is 3.57. The molecule has 0 atom stereocenters. The zero-order valence-corrected chi connectivity index (χ0v) is 10.1. The topological polar surface area (TPSA) is 21.1 Å². The van der Waals surface area contributed by atoms with E-state index in [0.29, 0.717) is 5.92 Å². The van der Waals surface area contributed by atoms with Gasteiger partial charge in [-0.25, -0.2) is 0 Å². The van der Waals surface area contributed by atoms with E-state index in [1.807, 2.05) is 17.9 Å². The SMILES string of the molecule is Cc1cnn(C)c1CN1CCC(CF)CC1. The number of piperidine rings is 1. The van der Waals surface area contributed by atoms with Crippen LogP contribution in [0, 0.1) is 12.8 Å². The van der Waals surface area contributed by atoms with Crippen LogP contribution in [-0.4, -0.2) is 34.4 Å². The lowest BCUT2D eigenvalue weighted by atomic mass is 9.98. The molecule has 0 amide bonds.